The highest BCUT2D eigenvalue weighted by Gasteiger charge is 2.11. The fourth-order valence-electron chi connectivity index (χ4n) is 1.29. The second-order valence-electron chi connectivity index (χ2n) is 2.40. The monoisotopic (exact) mass is 119 g/mol. The van der Waals surface area contributed by atoms with E-state index >= 15 is 0 Å². The molecule has 0 aromatic rings. The lowest BCUT2D eigenvalue weighted by Crippen LogP contribution is -2.00. The Morgan fingerprint density at radius 3 is 3.00 bits per heavy atom. The van der Waals surface area contributed by atoms with Gasteiger partial charge in [-0.15, -0.1) is 0 Å². The summed E-state index contributed by atoms with van der Waals surface area (Å²) < 4.78 is 0. The molecule has 2 aliphatic rings. The van der Waals surface area contributed by atoms with Gasteiger partial charge in [-0.05, 0) is 12.0 Å². The van der Waals surface area contributed by atoms with E-state index in [2.05, 4.69) is 23.2 Å². The van der Waals surface area contributed by atoms with Crippen molar-refractivity contribution in [3.63, 3.8) is 0 Å². The van der Waals surface area contributed by atoms with E-state index in [4.69, 9.17) is 0 Å². The third-order valence-electron chi connectivity index (χ3n) is 1.81. The molecule has 0 spiro atoms. The molecule has 1 nitrogen and oxygen atoms in total. The molecular formula is C8H9N. The molecule has 0 aromatic carbocycles. The molecule has 0 unspecified atom stereocenters. The van der Waals surface area contributed by atoms with Gasteiger partial charge in [0.05, 0.1) is 6.54 Å². The number of hydrogen-bond acceptors (Lipinski definition) is 1. The molecule has 46 valence electrons. The Kier molecular flexibility index (Phi) is 1.01. The summed E-state index contributed by atoms with van der Waals surface area (Å²) in [5.41, 5.74) is 2.77. The van der Waals surface area contributed by atoms with Crippen molar-refractivity contribution in [2.24, 2.45) is 4.99 Å². The van der Waals surface area contributed by atoms with E-state index in [1.54, 1.807) is 0 Å². The van der Waals surface area contributed by atoms with Gasteiger partial charge < -0.3 is 0 Å². The first-order valence-corrected chi connectivity index (χ1v) is 3.34. The Morgan fingerprint density at radius 1 is 1.22 bits per heavy atom. The predicted octanol–water partition coefficient (Wildman–Crippen LogP) is 1.72. The predicted molar refractivity (Wildman–Crippen MR) is 38.8 cm³/mol. The lowest BCUT2D eigenvalue weighted by atomic mass is 10.0. The molecule has 0 N–H and O–H groups in total. The van der Waals surface area contributed by atoms with E-state index in [9.17, 15) is 0 Å². The maximum Gasteiger partial charge on any atom is 0.0580 e. The van der Waals surface area contributed by atoms with E-state index in [0.29, 0.717) is 0 Å². The molecule has 1 heteroatoms. The molecule has 1 aliphatic heterocycles. The van der Waals surface area contributed by atoms with E-state index in [-0.39, 0.29) is 0 Å². The maximum atomic E-state index is 4.33. The first-order chi connectivity index (χ1) is 4.47. The molecule has 0 fully saturated rings. The minimum atomic E-state index is 0.923. The van der Waals surface area contributed by atoms with Gasteiger partial charge >= 0.3 is 0 Å². The molecule has 0 saturated carbocycles. The number of rotatable bonds is 0. The second kappa shape index (κ2) is 1.83. The number of hydrogen-bond donors (Lipinski definition) is 0. The van der Waals surface area contributed by atoms with Crippen LogP contribution in [0.5, 0.6) is 0 Å². The van der Waals surface area contributed by atoms with Crippen LogP contribution in [0.1, 0.15) is 12.8 Å². The summed E-state index contributed by atoms with van der Waals surface area (Å²) in [5, 5.41) is 0. The van der Waals surface area contributed by atoms with Gasteiger partial charge in [0.2, 0.25) is 0 Å². The summed E-state index contributed by atoms with van der Waals surface area (Å²) in [5.74, 6) is 0. The van der Waals surface area contributed by atoms with Crippen molar-refractivity contribution in [2.45, 2.75) is 12.8 Å². The Labute approximate surface area is 54.8 Å². The van der Waals surface area contributed by atoms with Crippen molar-refractivity contribution < 1.29 is 0 Å². The molecule has 1 aliphatic carbocycles. The Hall–Kier alpha value is -0.850. The molecule has 2 rings (SSSR count). The lowest BCUT2D eigenvalue weighted by Gasteiger charge is -2.05. The van der Waals surface area contributed by atoms with Gasteiger partial charge in [-0.1, -0.05) is 18.2 Å². The van der Waals surface area contributed by atoms with E-state index in [1.807, 2.05) is 0 Å². The minimum Gasteiger partial charge on any atom is -0.285 e. The van der Waals surface area contributed by atoms with Gasteiger partial charge in [-0.3, -0.25) is 4.99 Å². The van der Waals surface area contributed by atoms with Crippen LogP contribution in [-0.4, -0.2) is 12.3 Å². The van der Waals surface area contributed by atoms with Crippen molar-refractivity contribution in [3.8, 4) is 0 Å². The summed E-state index contributed by atoms with van der Waals surface area (Å²) in [4.78, 5) is 4.33. The first-order valence-electron chi connectivity index (χ1n) is 3.34. The number of nitrogens with zero attached hydrogens (tertiary/aromatic N) is 1. The van der Waals surface area contributed by atoms with Crippen LogP contribution in [0.25, 0.3) is 0 Å². The quantitative estimate of drug-likeness (QED) is 0.430. The van der Waals surface area contributed by atoms with E-state index < -0.39 is 0 Å². The first kappa shape index (κ1) is 4.98. The van der Waals surface area contributed by atoms with Crippen LogP contribution in [0, 0.1) is 0 Å². The van der Waals surface area contributed by atoms with Crippen LogP contribution in [0.15, 0.2) is 28.8 Å². The molecule has 0 radical (unpaired) electrons. The van der Waals surface area contributed by atoms with E-state index in [1.165, 1.54) is 11.3 Å². The third kappa shape index (κ3) is 0.727. The van der Waals surface area contributed by atoms with Crippen LogP contribution < -0.4 is 0 Å². The van der Waals surface area contributed by atoms with Crippen molar-refractivity contribution in [1.29, 1.82) is 0 Å². The van der Waals surface area contributed by atoms with Crippen LogP contribution in [0.4, 0.5) is 0 Å². The summed E-state index contributed by atoms with van der Waals surface area (Å²) in [7, 11) is 0. The van der Waals surface area contributed by atoms with Crippen LogP contribution in [0.2, 0.25) is 0 Å². The number of allylic oxidation sites excluding steroid dienone is 3. The molecule has 1 heterocycles. The number of aliphatic imine (C=N–C) groups is 1. The highest BCUT2D eigenvalue weighted by molar-refractivity contribution is 6.03. The molecular weight excluding hydrogens is 110 g/mol. The fourth-order valence-corrected chi connectivity index (χ4v) is 1.29. The molecule has 0 saturated heterocycles. The smallest absolute Gasteiger partial charge is 0.0580 e. The Bertz CT molecular complexity index is 187. The van der Waals surface area contributed by atoms with Gasteiger partial charge in [0.25, 0.3) is 0 Å². The largest absolute Gasteiger partial charge is 0.285 e. The standard InChI is InChI=1S/C8H9N/c1-2-4-8-7(3-1)5-6-9-8/h1-2,5H,3-4,6H2. The lowest BCUT2D eigenvalue weighted by molar-refractivity contribution is 1.22. The van der Waals surface area contributed by atoms with Gasteiger partial charge in [0.1, 0.15) is 0 Å². The summed E-state index contributed by atoms with van der Waals surface area (Å²) >= 11 is 0. The zero-order valence-electron chi connectivity index (χ0n) is 5.30. The van der Waals surface area contributed by atoms with Crippen LogP contribution >= 0.6 is 0 Å². The highest BCUT2D eigenvalue weighted by Crippen LogP contribution is 2.18. The molecule has 0 amide bonds. The van der Waals surface area contributed by atoms with Crippen LogP contribution in [0.3, 0.4) is 0 Å². The SMILES string of the molecule is C1=CCC2=NCC=C2C1. The summed E-state index contributed by atoms with van der Waals surface area (Å²) in [6, 6.07) is 0. The van der Waals surface area contributed by atoms with E-state index in [0.717, 1.165) is 19.4 Å². The highest BCUT2D eigenvalue weighted by atomic mass is 14.8. The topological polar surface area (TPSA) is 12.4 Å². The molecule has 0 atom stereocenters. The average Bonchev–Trinajstić information content (AvgIpc) is 2.33. The zero-order chi connectivity index (χ0) is 6.10. The molecule has 9 heavy (non-hydrogen) atoms. The Morgan fingerprint density at radius 2 is 2.11 bits per heavy atom. The second-order valence-corrected chi connectivity index (χ2v) is 2.40. The summed E-state index contributed by atoms with van der Waals surface area (Å²) in [6.07, 6.45) is 8.81. The van der Waals surface area contributed by atoms with Crippen molar-refractivity contribution in [1.82, 2.24) is 0 Å². The van der Waals surface area contributed by atoms with Gasteiger partial charge in [0.15, 0.2) is 0 Å². The average molecular weight is 119 g/mol. The molecule has 0 aromatic heterocycles. The summed E-state index contributed by atoms with van der Waals surface area (Å²) in [6.45, 7) is 0.923. The zero-order valence-corrected chi connectivity index (χ0v) is 5.30. The van der Waals surface area contributed by atoms with Gasteiger partial charge in [-0.2, -0.15) is 0 Å². The van der Waals surface area contributed by atoms with Gasteiger partial charge in [0, 0.05) is 12.1 Å². The van der Waals surface area contributed by atoms with Crippen LogP contribution in [-0.2, 0) is 0 Å². The third-order valence-corrected chi connectivity index (χ3v) is 1.81. The maximum absolute atomic E-state index is 4.33. The fraction of sp³-hybridized carbons (Fsp3) is 0.375. The minimum absolute atomic E-state index is 0.923. The Balaban J connectivity index is 2.35. The number of fused-ring (bicyclic) bond motifs is 1. The molecule has 0 bridgehead atoms. The van der Waals surface area contributed by atoms with Gasteiger partial charge in [-0.25, -0.2) is 0 Å². The van der Waals surface area contributed by atoms with Crippen molar-refractivity contribution in [2.75, 3.05) is 6.54 Å². The van der Waals surface area contributed by atoms with Crippen molar-refractivity contribution in [3.05, 3.63) is 23.8 Å². The van der Waals surface area contributed by atoms with Crippen molar-refractivity contribution >= 4 is 5.71 Å². The normalized spacial score (nSPS) is 23.1.